The Morgan fingerprint density at radius 3 is 2.39 bits per heavy atom. The second kappa shape index (κ2) is 11.6. The van der Waals surface area contributed by atoms with Gasteiger partial charge in [0.1, 0.15) is 5.75 Å². The summed E-state index contributed by atoms with van der Waals surface area (Å²) in [7, 11) is -3.63. The van der Waals surface area contributed by atoms with Crippen molar-refractivity contribution in [3.05, 3.63) is 60.2 Å². The van der Waals surface area contributed by atoms with Gasteiger partial charge < -0.3 is 4.74 Å². The first-order valence-electron chi connectivity index (χ1n) is 11.6. The van der Waals surface area contributed by atoms with Crippen LogP contribution in [0.2, 0.25) is 0 Å². The highest BCUT2D eigenvalue weighted by Crippen LogP contribution is 2.30. The van der Waals surface area contributed by atoms with Crippen molar-refractivity contribution in [1.82, 2.24) is 10.4 Å². The highest BCUT2D eigenvalue weighted by atomic mass is 32.2. The van der Waals surface area contributed by atoms with Gasteiger partial charge in [0.25, 0.3) is 5.91 Å². The molecule has 7 nitrogen and oxygen atoms in total. The summed E-state index contributed by atoms with van der Waals surface area (Å²) in [6, 6.07) is 15.5. The number of benzene rings is 2. The molecule has 1 heterocycles. The standard InChI is InChI=1S/C25H34N2O5S/c1-3-19(4-2)18-32-21-10-12-22(13-11-21)33(30,31)23-14-15-27(24(16-23)25(28)26-29)17-20-8-6-5-7-9-20/h5-13,19,23-24,29H,3-4,14-18H2,1-2H3,(H,26,28). The fourth-order valence-corrected chi connectivity index (χ4v) is 6.03. The van der Waals surface area contributed by atoms with Crippen molar-refractivity contribution in [1.29, 1.82) is 0 Å². The summed E-state index contributed by atoms with van der Waals surface area (Å²) in [6.07, 6.45) is 2.61. The number of sulfone groups is 1. The molecule has 0 spiro atoms. The molecular weight excluding hydrogens is 440 g/mol. The highest BCUT2D eigenvalue weighted by Gasteiger charge is 2.39. The molecule has 0 saturated carbocycles. The maximum atomic E-state index is 13.3. The van der Waals surface area contributed by atoms with Crippen molar-refractivity contribution in [2.75, 3.05) is 13.2 Å². The van der Waals surface area contributed by atoms with Crippen LogP contribution in [0.5, 0.6) is 5.75 Å². The molecule has 3 rings (SSSR count). The number of nitrogens with zero attached hydrogens (tertiary/aromatic N) is 1. The van der Waals surface area contributed by atoms with Crippen LogP contribution in [0.25, 0.3) is 0 Å². The van der Waals surface area contributed by atoms with E-state index >= 15 is 0 Å². The minimum Gasteiger partial charge on any atom is -0.493 e. The van der Waals surface area contributed by atoms with E-state index in [2.05, 4.69) is 13.8 Å². The first-order valence-corrected chi connectivity index (χ1v) is 13.1. The lowest BCUT2D eigenvalue weighted by Crippen LogP contribution is -2.52. The van der Waals surface area contributed by atoms with Gasteiger partial charge in [-0.3, -0.25) is 14.9 Å². The van der Waals surface area contributed by atoms with Gasteiger partial charge in [0, 0.05) is 13.1 Å². The Morgan fingerprint density at radius 2 is 1.79 bits per heavy atom. The summed E-state index contributed by atoms with van der Waals surface area (Å²) < 4.78 is 32.5. The van der Waals surface area contributed by atoms with Gasteiger partial charge in [-0.1, -0.05) is 57.0 Å². The van der Waals surface area contributed by atoms with E-state index < -0.39 is 27.0 Å². The number of hydrogen-bond acceptors (Lipinski definition) is 6. The van der Waals surface area contributed by atoms with E-state index in [4.69, 9.17) is 4.74 Å². The quantitative estimate of drug-likeness (QED) is 0.402. The van der Waals surface area contributed by atoms with E-state index in [9.17, 15) is 18.4 Å². The molecule has 0 aliphatic carbocycles. The van der Waals surface area contributed by atoms with Gasteiger partial charge in [-0.25, -0.2) is 13.9 Å². The maximum Gasteiger partial charge on any atom is 0.260 e. The van der Waals surface area contributed by atoms with Crippen LogP contribution in [0, 0.1) is 5.92 Å². The predicted octanol–water partition coefficient (Wildman–Crippen LogP) is 3.81. The van der Waals surface area contributed by atoms with E-state index in [1.54, 1.807) is 29.7 Å². The molecule has 2 N–H and O–H groups in total. The number of likely N-dealkylation sites (tertiary alicyclic amines) is 1. The van der Waals surface area contributed by atoms with Crippen LogP contribution in [0.15, 0.2) is 59.5 Å². The molecular formula is C25H34N2O5S. The van der Waals surface area contributed by atoms with Gasteiger partial charge in [0.05, 0.1) is 22.8 Å². The van der Waals surface area contributed by atoms with E-state index in [0.717, 1.165) is 18.4 Å². The Kier molecular flexibility index (Phi) is 8.88. The largest absolute Gasteiger partial charge is 0.493 e. The Morgan fingerprint density at radius 1 is 1.12 bits per heavy atom. The fraction of sp³-hybridized carbons (Fsp3) is 0.480. The normalized spacial score (nSPS) is 19.4. The zero-order valence-electron chi connectivity index (χ0n) is 19.3. The van der Waals surface area contributed by atoms with Crippen molar-refractivity contribution in [2.45, 2.75) is 62.3 Å². The number of hydroxylamine groups is 1. The van der Waals surface area contributed by atoms with Crippen LogP contribution in [0.4, 0.5) is 0 Å². The number of ether oxygens (including phenoxy) is 1. The third-order valence-electron chi connectivity index (χ3n) is 6.54. The van der Waals surface area contributed by atoms with Crippen molar-refractivity contribution < 1.29 is 23.2 Å². The predicted molar refractivity (Wildman–Crippen MR) is 127 cm³/mol. The molecule has 1 fully saturated rings. The highest BCUT2D eigenvalue weighted by molar-refractivity contribution is 7.92. The topological polar surface area (TPSA) is 95.9 Å². The summed E-state index contributed by atoms with van der Waals surface area (Å²) in [4.78, 5) is 14.5. The zero-order chi connectivity index (χ0) is 23.8. The number of hydrogen-bond donors (Lipinski definition) is 2. The average molecular weight is 475 g/mol. The molecule has 2 atom stereocenters. The Labute approximate surface area is 196 Å². The summed E-state index contributed by atoms with van der Waals surface area (Å²) in [5.41, 5.74) is 2.74. The van der Waals surface area contributed by atoms with Crippen molar-refractivity contribution in [2.24, 2.45) is 5.92 Å². The van der Waals surface area contributed by atoms with Gasteiger partial charge in [-0.2, -0.15) is 0 Å². The summed E-state index contributed by atoms with van der Waals surface area (Å²) in [5.74, 6) is 0.538. The zero-order valence-corrected chi connectivity index (χ0v) is 20.1. The van der Waals surface area contributed by atoms with Crippen LogP contribution >= 0.6 is 0 Å². The van der Waals surface area contributed by atoms with Gasteiger partial charge in [-0.15, -0.1) is 0 Å². The molecule has 1 saturated heterocycles. The van der Waals surface area contributed by atoms with Gasteiger partial charge >= 0.3 is 0 Å². The summed E-state index contributed by atoms with van der Waals surface area (Å²) in [5, 5.41) is 8.54. The monoisotopic (exact) mass is 474 g/mol. The molecule has 1 aliphatic heterocycles. The minimum atomic E-state index is -3.63. The van der Waals surface area contributed by atoms with E-state index in [1.807, 2.05) is 35.2 Å². The number of carbonyl (C=O) groups excluding carboxylic acids is 1. The number of nitrogens with one attached hydrogen (secondary N) is 1. The lowest BCUT2D eigenvalue weighted by atomic mass is 10.00. The van der Waals surface area contributed by atoms with E-state index in [-0.39, 0.29) is 11.3 Å². The van der Waals surface area contributed by atoms with Gasteiger partial charge in [0.2, 0.25) is 0 Å². The summed E-state index contributed by atoms with van der Waals surface area (Å²) >= 11 is 0. The smallest absolute Gasteiger partial charge is 0.260 e. The number of rotatable bonds is 10. The van der Waals surface area contributed by atoms with Crippen LogP contribution in [-0.4, -0.2) is 48.9 Å². The molecule has 2 unspecified atom stereocenters. The van der Waals surface area contributed by atoms with Crippen molar-refractivity contribution in [3.63, 3.8) is 0 Å². The fourth-order valence-electron chi connectivity index (χ4n) is 4.27. The Bertz CT molecular complexity index is 991. The minimum absolute atomic E-state index is 0.120. The molecule has 180 valence electrons. The van der Waals surface area contributed by atoms with Crippen LogP contribution < -0.4 is 10.2 Å². The summed E-state index contributed by atoms with van der Waals surface area (Å²) in [6.45, 7) is 5.81. The third kappa shape index (κ3) is 6.34. The SMILES string of the molecule is CCC(CC)COc1ccc(S(=O)(=O)C2CCN(Cc3ccccc3)C(C(=O)NO)C2)cc1. The number of piperidine rings is 1. The second-order valence-electron chi connectivity index (χ2n) is 8.60. The molecule has 0 aromatic heterocycles. The van der Waals surface area contributed by atoms with Crippen molar-refractivity contribution in [3.8, 4) is 5.75 Å². The average Bonchev–Trinajstić information content (AvgIpc) is 2.85. The van der Waals surface area contributed by atoms with Gasteiger partial charge in [0.15, 0.2) is 9.84 Å². The third-order valence-corrected chi connectivity index (χ3v) is 8.77. The van der Waals surface area contributed by atoms with E-state index in [0.29, 0.717) is 37.8 Å². The van der Waals surface area contributed by atoms with Crippen LogP contribution in [0.3, 0.4) is 0 Å². The molecule has 0 bridgehead atoms. The van der Waals surface area contributed by atoms with Crippen LogP contribution in [-0.2, 0) is 21.2 Å². The molecule has 0 radical (unpaired) electrons. The molecule has 8 heteroatoms. The molecule has 2 aromatic carbocycles. The first-order chi connectivity index (χ1) is 15.9. The Balaban J connectivity index is 1.70. The molecule has 1 aliphatic rings. The second-order valence-corrected chi connectivity index (χ2v) is 10.8. The number of carbonyl (C=O) groups is 1. The molecule has 1 amide bonds. The van der Waals surface area contributed by atoms with Crippen molar-refractivity contribution >= 4 is 15.7 Å². The lowest BCUT2D eigenvalue weighted by molar-refractivity contribution is -0.136. The van der Waals surface area contributed by atoms with Gasteiger partial charge in [-0.05, 0) is 48.6 Å². The Hall–Kier alpha value is -2.42. The number of amides is 1. The molecule has 2 aromatic rings. The molecule has 33 heavy (non-hydrogen) atoms. The first kappa shape index (κ1) is 25.2. The van der Waals surface area contributed by atoms with Crippen LogP contribution in [0.1, 0.15) is 45.1 Å². The lowest BCUT2D eigenvalue weighted by Gasteiger charge is -2.37. The maximum absolute atomic E-state index is 13.3. The van der Waals surface area contributed by atoms with E-state index in [1.165, 1.54) is 0 Å².